The fraction of sp³-hybridized carbons (Fsp3) is 0.850. The predicted octanol–water partition coefficient (Wildman–Crippen LogP) is 0.426. The van der Waals surface area contributed by atoms with Gasteiger partial charge in [0.05, 0.1) is 18.6 Å². The highest BCUT2D eigenvalue weighted by molar-refractivity contribution is 8.13. The molecule has 9 nitrogen and oxygen atoms in total. The normalized spacial score (nSPS) is 22.0. The van der Waals surface area contributed by atoms with E-state index in [9.17, 15) is 19.5 Å². The van der Waals surface area contributed by atoms with E-state index in [4.69, 9.17) is 14.6 Å². The Bertz CT molecular complexity index is 596. The Labute approximate surface area is 182 Å². The van der Waals surface area contributed by atoms with Gasteiger partial charge >= 0.3 is 0 Å². The van der Waals surface area contributed by atoms with Crippen LogP contribution in [0.3, 0.4) is 0 Å². The van der Waals surface area contributed by atoms with Crippen molar-refractivity contribution in [3.05, 3.63) is 0 Å². The highest BCUT2D eigenvalue weighted by Gasteiger charge is 2.45. The Hall–Kier alpha value is -1.20. The van der Waals surface area contributed by atoms with E-state index in [2.05, 4.69) is 10.6 Å². The van der Waals surface area contributed by atoms with Crippen molar-refractivity contribution in [2.45, 2.75) is 65.5 Å². The van der Waals surface area contributed by atoms with Crippen LogP contribution in [0.5, 0.6) is 0 Å². The van der Waals surface area contributed by atoms with Gasteiger partial charge in [-0.2, -0.15) is 0 Å². The summed E-state index contributed by atoms with van der Waals surface area (Å²) in [6.45, 7) is 9.50. The first-order valence-electron chi connectivity index (χ1n) is 10.2. The van der Waals surface area contributed by atoms with E-state index in [1.54, 1.807) is 13.8 Å². The minimum Gasteiger partial charge on any atom is -0.396 e. The molecule has 2 amide bonds. The maximum Gasteiger partial charge on any atom is 0.249 e. The summed E-state index contributed by atoms with van der Waals surface area (Å²) in [5.41, 5.74) is -0.481. The number of hydrogen-bond acceptors (Lipinski definition) is 8. The Morgan fingerprint density at radius 1 is 1.17 bits per heavy atom. The lowest BCUT2D eigenvalue weighted by molar-refractivity contribution is -0.304. The quantitative estimate of drug-likeness (QED) is 0.334. The molecule has 0 aromatic carbocycles. The molecule has 1 rings (SSSR count). The molecule has 0 aromatic heterocycles. The molecule has 174 valence electrons. The van der Waals surface area contributed by atoms with Gasteiger partial charge in [0.2, 0.25) is 11.8 Å². The van der Waals surface area contributed by atoms with Crippen molar-refractivity contribution in [2.75, 3.05) is 32.1 Å². The van der Waals surface area contributed by atoms with Gasteiger partial charge in [-0.05, 0) is 27.2 Å². The fourth-order valence-electron chi connectivity index (χ4n) is 2.95. The number of hydrogen-bond donors (Lipinski definition) is 4. The van der Waals surface area contributed by atoms with Gasteiger partial charge in [0.15, 0.2) is 10.9 Å². The number of nitrogens with one attached hydrogen (secondary N) is 2. The SMILES string of the molecule is CC(O)C(CCO)C(=O)SCCNC(=O)CCNC(=O)[C@@H]1OC(C)(C)OCC1(C)C. The second kappa shape index (κ2) is 12.0. The van der Waals surface area contributed by atoms with E-state index < -0.39 is 29.3 Å². The highest BCUT2D eigenvalue weighted by Crippen LogP contribution is 2.34. The molecule has 4 N–H and O–H groups in total. The number of carbonyl (C=O) groups is 3. The van der Waals surface area contributed by atoms with E-state index in [1.807, 2.05) is 13.8 Å². The van der Waals surface area contributed by atoms with E-state index in [0.29, 0.717) is 18.9 Å². The average Bonchev–Trinajstić information content (AvgIpc) is 2.65. The van der Waals surface area contributed by atoms with Gasteiger partial charge < -0.3 is 30.3 Å². The zero-order valence-corrected chi connectivity index (χ0v) is 19.3. The first-order valence-corrected chi connectivity index (χ1v) is 11.2. The van der Waals surface area contributed by atoms with Gasteiger partial charge in [0.1, 0.15) is 6.10 Å². The van der Waals surface area contributed by atoms with Crippen LogP contribution in [0.4, 0.5) is 0 Å². The molecule has 2 unspecified atom stereocenters. The summed E-state index contributed by atoms with van der Waals surface area (Å²) in [6.07, 6.45) is -1.18. The second-order valence-corrected chi connectivity index (χ2v) is 9.69. The minimum atomic E-state index is -0.839. The van der Waals surface area contributed by atoms with Crippen molar-refractivity contribution >= 4 is 28.7 Å². The van der Waals surface area contributed by atoms with Crippen LogP contribution in [0.2, 0.25) is 0 Å². The van der Waals surface area contributed by atoms with Crippen LogP contribution in [-0.4, -0.2) is 77.2 Å². The van der Waals surface area contributed by atoms with Crippen molar-refractivity contribution in [1.82, 2.24) is 10.6 Å². The van der Waals surface area contributed by atoms with E-state index >= 15 is 0 Å². The number of thioether (sulfide) groups is 1. The summed E-state index contributed by atoms with van der Waals surface area (Å²) in [5.74, 6) is -1.61. The summed E-state index contributed by atoms with van der Waals surface area (Å²) in [4.78, 5) is 36.5. The molecular formula is C20H36N2O7S. The topological polar surface area (TPSA) is 134 Å². The van der Waals surface area contributed by atoms with Crippen molar-refractivity contribution in [3.8, 4) is 0 Å². The maximum atomic E-state index is 12.5. The van der Waals surface area contributed by atoms with Gasteiger partial charge in [-0.25, -0.2) is 0 Å². The third kappa shape index (κ3) is 8.89. The van der Waals surface area contributed by atoms with Gasteiger partial charge in [-0.1, -0.05) is 25.6 Å². The van der Waals surface area contributed by atoms with Crippen LogP contribution in [0.25, 0.3) is 0 Å². The molecular weight excluding hydrogens is 412 g/mol. The van der Waals surface area contributed by atoms with Crippen LogP contribution in [-0.2, 0) is 23.9 Å². The molecule has 1 heterocycles. The summed E-state index contributed by atoms with van der Waals surface area (Å²) < 4.78 is 11.4. The number of amides is 2. The fourth-order valence-corrected chi connectivity index (χ4v) is 3.88. The number of carbonyl (C=O) groups excluding carboxylic acids is 3. The third-order valence-electron chi connectivity index (χ3n) is 4.79. The van der Waals surface area contributed by atoms with Crippen LogP contribution in [0.15, 0.2) is 0 Å². The minimum absolute atomic E-state index is 0.109. The number of ether oxygens (including phenoxy) is 2. The van der Waals surface area contributed by atoms with Gasteiger partial charge in [-0.3, -0.25) is 14.4 Å². The lowest BCUT2D eigenvalue weighted by atomic mass is 9.85. The third-order valence-corrected chi connectivity index (χ3v) is 5.78. The average molecular weight is 449 g/mol. The molecule has 0 aliphatic carbocycles. The molecule has 30 heavy (non-hydrogen) atoms. The molecule has 0 radical (unpaired) electrons. The molecule has 1 saturated heterocycles. The first kappa shape index (κ1) is 26.8. The predicted molar refractivity (Wildman–Crippen MR) is 114 cm³/mol. The van der Waals surface area contributed by atoms with Gasteiger partial charge in [0.25, 0.3) is 0 Å². The molecule has 1 aliphatic rings. The number of rotatable bonds is 11. The Balaban J connectivity index is 2.28. The summed E-state index contributed by atoms with van der Waals surface area (Å²) in [6, 6.07) is 0. The van der Waals surface area contributed by atoms with E-state index in [-0.39, 0.29) is 42.9 Å². The number of aliphatic hydroxyl groups excluding tert-OH is 2. The standard InChI is InChI=1S/C20H36N2O7S/c1-13(24)14(7-10-23)18(27)30-11-9-21-15(25)6-8-22-17(26)16-19(2,3)12-28-20(4,5)29-16/h13-14,16,23-24H,6-12H2,1-5H3,(H,21,25)(H,22,26)/t13?,14?,16-/m0/s1. The lowest BCUT2D eigenvalue weighted by Gasteiger charge is -2.44. The zero-order chi connectivity index (χ0) is 22.9. The first-order chi connectivity index (χ1) is 13.9. The molecule has 10 heteroatoms. The zero-order valence-electron chi connectivity index (χ0n) is 18.5. The number of aliphatic hydroxyl groups is 2. The van der Waals surface area contributed by atoms with Gasteiger partial charge in [-0.15, -0.1) is 0 Å². The maximum absolute atomic E-state index is 12.5. The second-order valence-electron chi connectivity index (χ2n) is 8.59. The monoisotopic (exact) mass is 448 g/mol. The van der Waals surface area contributed by atoms with E-state index in [1.165, 1.54) is 6.92 Å². The lowest BCUT2D eigenvalue weighted by Crippen LogP contribution is -2.56. The molecule has 1 aliphatic heterocycles. The van der Waals surface area contributed by atoms with Crippen LogP contribution >= 0.6 is 11.8 Å². The van der Waals surface area contributed by atoms with Gasteiger partial charge in [0, 0.05) is 37.3 Å². The molecule has 0 spiro atoms. The molecule has 3 atom stereocenters. The van der Waals surface area contributed by atoms with Crippen LogP contribution in [0, 0.1) is 11.3 Å². The summed E-state index contributed by atoms with van der Waals surface area (Å²) >= 11 is 1.02. The largest absolute Gasteiger partial charge is 0.396 e. The molecule has 0 aromatic rings. The van der Waals surface area contributed by atoms with Crippen molar-refractivity contribution < 1.29 is 34.1 Å². The Morgan fingerprint density at radius 2 is 1.83 bits per heavy atom. The molecule has 0 saturated carbocycles. The Morgan fingerprint density at radius 3 is 2.43 bits per heavy atom. The smallest absolute Gasteiger partial charge is 0.249 e. The highest BCUT2D eigenvalue weighted by atomic mass is 32.2. The van der Waals surface area contributed by atoms with Crippen LogP contribution < -0.4 is 10.6 Å². The van der Waals surface area contributed by atoms with Crippen molar-refractivity contribution in [3.63, 3.8) is 0 Å². The Kier molecular flexibility index (Phi) is 10.7. The summed E-state index contributed by atoms with van der Waals surface area (Å²) in [5, 5.41) is 23.8. The molecule has 1 fully saturated rings. The van der Waals surface area contributed by atoms with Crippen LogP contribution in [0.1, 0.15) is 47.5 Å². The summed E-state index contributed by atoms with van der Waals surface area (Å²) in [7, 11) is 0. The van der Waals surface area contributed by atoms with Crippen molar-refractivity contribution in [2.24, 2.45) is 11.3 Å². The van der Waals surface area contributed by atoms with Crippen molar-refractivity contribution in [1.29, 1.82) is 0 Å². The molecule has 0 bridgehead atoms. The van der Waals surface area contributed by atoms with E-state index in [0.717, 1.165) is 11.8 Å².